The van der Waals surface area contributed by atoms with Crippen LogP contribution in [0.15, 0.2) is 29.2 Å². The molecule has 21 heavy (non-hydrogen) atoms. The van der Waals surface area contributed by atoms with E-state index in [1.165, 1.54) is 35.2 Å². The van der Waals surface area contributed by atoms with Gasteiger partial charge in [0.1, 0.15) is 6.61 Å². The molecule has 0 unspecified atom stereocenters. The summed E-state index contributed by atoms with van der Waals surface area (Å²) in [6, 6.07) is 5.82. The Labute approximate surface area is 127 Å². The SMILES string of the molecule is C[CH]OC(=O)c1ccc(S(=O)(=O)N(CCC)CCC)cc1. The van der Waals surface area contributed by atoms with Gasteiger partial charge in [-0.2, -0.15) is 4.31 Å². The second-order valence-electron chi connectivity index (χ2n) is 4.57. The lowest BCUT2D eigenvalue weighted by Gasteiger charge is -2.21. The lowest BCUT2D eigenvalue weighted by Crippen LogP contribution is -2.32. The van der Waals surface area contributed by atoms with Crippen molar-refractivity contribution in [3.63, 3.8) is 0 Å². The summed E-state index contributed by atoms with van der Waals surface area (Å²) in [5.41, 5.74) is 0.324. The molecule has 0 saturated heterocycles. The molecule has 0 heterocycles. The van der Waals surface area contributed by atoms with E-state index in [0.29, 0.717) is 18.7 Å². The molecular formula is C15H22NO4S. The first-order chi connectivity index (χ1) is 9.97. The van der Waals surface area contributed by atoms with Gasteiger partial charge in [-0.25, -0.2) is 13.2 Å². The van der Waals surface area contributed by atoms with Crippen molar-refractivity contribution in [3.05, 3.63) is 36.4 Å². The zero-order valence-corrected chi connectivity index (χ0v) is 13.5. The van der Waals surface area contributed by atoms with Crippen LogP contribution in [0.1, 0.15) is 44.0 Å². The van der Waals surface area contributed by atoms with Gasteiger partial charge in [0.2, 0.25) is 10.0 Å². The lowest BCUT2D eigenvalue weighted by molar-refractivity contribution is 0.0612. The smallest absolute Gasteiger partial charge is 0.338 e. The largest absolute Gasteiger partial charge is 0.455 e. The molecule has 1 aromatic rings. The normalized spacial score (nSPS) is 11.6. The Hall–Kier alpha value is -1.40. The second-order valence-corrected chi connectivity index (χ2v) is 6.51. The third-order valence-corrected chi connectivity index (χ3v) is 4.81. The summed E-state index contributed by atoms with van der Waals surface area (Å²) in [5.74, 6) is -0.500. The predicted molar refractivity (Wildman–Crippen MR) is 81.2 cm³/mol. The number of esters is 1. The van der Waals surface area contributed by atoms with E-state index in [1.807, 2.05) is 13.8 Å². The van der Waals surface area contributed by atoms with E-state index in [-0.39, 0.29) is 4.90 Å². The molecule has 0 bridgehead atoms. The lowest BCUT2D eigenvalue weighted by atomic mass is 10.2. The highest BCUT2D eigenvalue weighted by Crippen LogP contribution is 2.17. The minimum atomic E-state index is -3.51. The molecule has 0 aliphatic rings. The number of ether oxygens (including phenoxy) is 1. The van der Waals surface area contributed by atoms with Crippen LogP contribution < -0.4 is 0 Å². The van der Waals surface area contributed by atoms with Gasteiger partial charge in [0, 0.05) is 13.1 Å². The van der Waals surface area contributed by atoms with Crippen LogP contribution in [0.25, 0.3) is 0 Å². The molecule has 0 fully saturated rings. The van der Waals surface area contributed by atoms with Crippen LogP contribution in [0.4, 0.5) is 0 Å². The first-order valence-electron chi connectivity index (χ1n) is 7.06. The maximum absolute atomic E-state index is 12.5. The van der Waals surface area contributed by atoms with Gasteiger partial charge >= 0.3 is 5.97 Å². The van der Waals surface area contributed by atoms with Crippen molar-refractivity contribution in [2.24, 2.45) is 0 Å². The fraction of sp³-hybridized carbons (Fsp3) is 0.467. The van der Waals surface area contributed by atoms with Gasteiger partial charge in [0.15, 0.2) is 0 Å². The van der Waals surface area contributed by atoms with Gasteiger partial charge in [-0.05, 0) is 44.0 Å². The molecule has 1 rings (SSSR count). The average molecular weight is 312 g/mol. The Bertz CT molecular complexity index is 546. The molecule has 117 valence electrons. The standard InChI is InChI=1S/C15H22NO4S/c1-4-11-16(12-5-2)21(18,19)14-9-7-13(8-10-14)15(17)20-6-3/h6-10H,4-5,11-12H2,1-3H3. The fourth-order valence-electron chi connectivity index (χ4n) is 1.94. The molecule has 5 nitrogen and oxygen atoms in total. The van der Waals surface area contributed by atoms with Crippen LogP contribution in [-0.2, 0) is 14.8 Å². The molecule has 1 radical (unpaired) electrons. The van der Waals surface area contributed by atoms with E-state index >= 15 is 0 Å². The molecule has 0 atom stereocenters. The van der Waals surface area contributed by atoms with Crippen LogP contribution in [0, 0.1) is 6.61 Å². The van der Waals surface area contributed by atoms with Crippen molar-refractivity contribution in [2.45, 2.75) is 38.5 Å². The Kier molecular flexibility index (Phi) is 6.84. The van der Waals surface area contributed by atoms with E-state index in [1.54, 1.807) is 6.92 Å². The summed E-state index contributed by atoms with van der Waals surface area (Å²) in [6.45, 7) is 7.76. The minimum Gasteiger partial charge on any atom is -0.455 e. The summed E-state index contributed by atoms with van der Waals surface area (Å²) < 4.78 is 31.3. The Morgan fingerprint density at radius 3 is 2.10 bits per heavy atom. The highest BCUT2D eigenvalue weighted by molar-refractivity contribution is 7.89. The van der Waals surface area contributed by atoms with Crippen molar-refractivity contribution in [1.29, 1.82) is 0 Å². The molecule has 1 aromatic carbocycles. The van der Waals surface area contributed by atoms with Crippen LogP contribution >= 0.6 is 0 Å². The first-order valence-corrected chi connectivity index (χ1v) is 8.50. The summed E-state index contributed by atoms with van der Waals surface area (Å²) in [5, 5.41) is 0. The first kappa shape index (κ1) is 17.7. The maximum atomic E-state index is 12.5. The molecule has 6 heteroatoms. The summed E-state index contributed by atoms with van der Waals surface area (Å²) in [4.78, 5) is 11.7. The third kappa shape index (κ3) is 4.54. The molecule has 0 aliphatic heterocycles. The molecule has 0 N–H and O–H groups in total. The number of benzene rings is 1. The number of rotatable bonds is 8. The highest BCUT2D eigenvalue weighted by atomic mass is 32.2. The molecule has 0 spiro atoms. The van der Waals surface area contributed by atoms with Gasteiger partial charge in [-0.15, -0.1) is 0 Å². The third-order valence-electron chi connectivity index (χ3n) is 2.90. The van der Waals surface area contributed by atoms with Crippen LogP contribution in [-0.4, -0.2) is 31.8 Å². The minimum absolute atomic E-state index is 0.196. The van der Waals surface area contributed by atoms with E-state index < -0.39 is 16.0 Å². The summed E-state index contributed by atoms with van der Waals surface area (Å²) >= 11 is 0. The van der Waals surface area contributed by atoms with Crippen molar-refractivity contribution < 1.29 is 17.9 Å². The summed E-state index contributed by atoms with van der Waals surface area (Å²) in [7, 11) is -3.51. The average Bonchev–Trinajstić information content (AvgIpc) is 2.47. The van der Waals surface area contributed by atoms with E-state index in [4.69, 9.17) is 4.74 Å². The van der Waals surface area contributed by atoms with Crippen LogP contribution in [0.3, 0.4) is 0 Å². The van der Waals surface area contributed by atoms with Crippen molar-refractivity contribution in [3.8, 4) is 0 Å². The maximum Gasteiger partial charge on any atom is 0.338 e. The number of hydrogen-bond acceptors (Lipinski definition) is 4. The van der Waals surface area contributed by atoms with Gasteiger partial charge in [0.05, 0.1) is 10.5 Å². The van der Waals surface area contributed by atoms with Crippen molar-refractivity contribution >= 4 is 16.0 Å². The van der Waals surface area contributed by atoms with Crippen LogP contribution in [0.2, 0.25) is 0 Å². The second kappa shape index (κ2) is 8.14. The number of carbonyl (C=O) groups is 1. The topological polar surface area (TPSA) is 63.7 Å². The zero-order valence-electron chi connectivity index (χ0n) is 12.7. The van der Waals surface area contributed by atoms with Gasteiger partial charge in [-0.3, -0.25) is 0 Å². The van der Waals surface area contributed by atoms with Crippen LogP contribution in [0.5, 0.6) is 0 Å². The van der Waals surface area contributed by atoms with Gasteiger partial charge in [0.25, 0.3) is 0 Å². The van der Waals surface area contributed by atoms with E-state index in [9.17, 15) is 13.2 Å². The summed E-state index contributed by atoms with van der Waals surface area (Å²) in [6.07, 6.45) is 1.52. The number of carbonyl (C=O) groups excluding carboxylic acids is 1. The van der Waals surface area contributed by atoms with Gasteiger partial charge in [-0.1, -0.05) is 13.8 Å². The number of hydrogen-bond donors (Lipinski definition) is 0. The highest BCUT2D eigenvalue weighted by Gasteiger charge is 2.23. The molecule has 0 aromatic heterocycles. The van der Waals surface area contributed by atoms with E-state index in [2.05, 4.69) is 0 Å². The van der Waals surface area contributed by atoms with Gasteiger partial charge < -0.3 is 4.74 Å². The molecular weight excluding hydrogens is 290 g/mol. The Morgan fingerprint density at radius 2 is 1.67 bits per heavy atom. The number of sulfonamides is 1. The Balaban J connectivity index is 3.00. The predicted octanol–water partition coefficient (Wildman–Crippen LogP) is 2.84. The molecule has 0 saturated carbocycles. The fourth-order valence-corrected chi connectivity index (χ4v) is 3.56. The number of nitrogens with zero attached hydrogens (tertiary/aromatic N) is 1. The van der Waals surface area contributed by atoms with Crippen molar-refractivity contribution in [2.75, 3.05) is 13.1 Å². The monoisotopic (exact) mass is 312 g/mol. The molecule has 0 aliphatic carbocycles. The van der Waals surface area contributed by atoms with E-state index in [0.717, 1.165) is 12.8 Å². The van der Waals surface area contributed by atoms with Crippen molar-refractivity contribution in [1.82, 2.24) is 4.31 Å². The quantitative estimate of drug-likeness (QED) is 0.692. The molecule has 0 amide bonds. The Morgan fingerprint density at radius 1 is 1.14 bits per heavy atom. The zero-order chi connectivity index (χ0) is 15.9.